The van der Waals surface area contributed by atoms with Gasteiger partial charge in [-0.2, -0.15) is 0 Å². The standard InChI is InChI=1S/C11H16N2/c1-2-7-12-10-6-5-9-4-3-8-13-11(9)10/h3-4,8,10,12H,2,5-7H2,1H3. The van der Waals surface area contributed by atoms with E-state index in [0.29, 0.717) is 6.04 Å². The van der Waals surface area contributed by atoms with Crippen LogP contribution in [0.5, 0.6) is 0 Å². The summed E-state index contributed by atoms with van der Waals surface area (Å²) in [4.78, 5) is 4.43. The number of hydrogen-bond donors (Lipinski definition) is 1. The fourth-order valence-electron chi connectivity index (χ4n) is 1.93. The fraction of sp³-hybridized carbons (Fsp3) is 0.545. The molecule has 0 saturated heterocycles. The zero-order valence-corrected chi connectivity index (χ0v) is 8.09. The Kier molecular flexibility index (Phi) is 2.60. The number of aryl methyl sites for hydroxylation is 1. The summed E-state index contributed by atoms with van der Waals surface area (Å²) >= 11 is 0. The Balaban J connectivity index is 2.09. The fourth-order valence-corrected chi connectivity index (χ4v) is 1.93. The SMILES string of the molecule is CCCNC1CCc2cccnc21. The first kappa shape index (κ1) is 8.70. The van der Waals surface area contributed by atoms with Crippen LogP contribution in [0.1, 0.15) is 37.1 Å². The molecule has 0 aliphatic heterocycles. The summed E-state index contributed by atoms with van der Waals surface area (Å²) in [6, 6.07) is 4.73. The molecule has 1 atom stereocenters. The molecule has 1 unspecified atom stereocenters. The third-order valence-corrected chi connectivity index (χ3v) is 2.60. The van der Waals surface area contributed by atoms with Crippen LogP contribution in [0.25, 0.3) is 0 Å². The molecule has 0 radical (unpaired) electrons. The monoisotopic (exact) mass is 176 g/mol. The number of aromatic nitrogens is 1. The molecule has 0 fully saturated rings. The average Bonchev–Trinajstić information content (AvgIpc) is 2.58. The molecule has 1 aliphatic carbocycles. The summed E-state index contributed by atoms with van der Waals surface area (Å²) in [5.41, 5.74) is 2.70. The van der Waals surface area contributed by atoms with Crippen molar-refractivity contribution < 1.29 is 0 Å². The molecule has 1 N–H and O–H groups in total. The van der Waals surface area contributed by atoms with Gasteiger partial charge in [-0.1, -0.05) is 13.0 Å². The van der Waals surface area contributed by atoms with E-state index < -0.39 is 0 Å². The minimum absolute atomic E-state index is 0.510. The highest BCUT2D eigenvalue weighted by molar-refractivity contribution is 5.27. The van der Waals surface area contributed by atoms with Crippen molar-refractivity contribution in [2.24, 2.45) is 0 Å². The smallest absolute Gasteiger partial charge is 0.0605 e. The molecule has 0 aromatic carbocycles. The molecule has 0 spiro atoms. The van der Waals surface area contributed by atoms with Crippen LogP contribution in [0.15, 0.2) is 18.3 Å². The lowest BCUT2D eigenvalue weighted by Gasteiger charge is -2.11. The molecule has 1 aromatic rings. The number of nitrogens with one attached hydrogen (secondary N) is 1. The molecule has 70 valence electrons. The van der Waals surface area contributed by atoms with E-state index in [9.17, 15) is 0 Å². The van der Waals surface area contributed by atoms with Crippen molar-refractivity contribution in [2.45, 2.75) is 32.2 Å². The van der Waals surface area contributed by atoms with E-state index in [-0.39, 0.29) is 0 Å². The van der Waals surface area contributed by atoms with Gasteiger partial charge in [0.2, 0.25) is 0 Å². The maximum absolute atomic E-state index is 4.43. The van der Waals surface area contributed by atoms with Crippen molar-refractivity contribution in [3.63, 3.8) is 0 Å². The van der Waals surface area contributed by atoms with Gasteiger partial charge < -0.3 is 5.32 Å². The van der Waals surface area contributed by atoms with Crippen LogP contribution in [0.2, 0.25) is 0 Å². The number of fused-ring (bicyclic) bond motifs is 1. The van der Waals surface area contributed by atoms with Gasteiger partial charge in [-0.15, -0.1) is 0 Å². The van der Waals surface area contributed by atoms with Crippen LogP contribution >= 0.6 is 0 Å². The maximum Gasteiger partial charge on any atom is 0.0605 e. The van der Waals surface area contributed by atoms with Crippen molar-refractivity contribution in [3.8, 4) is 0 Å². The lowest BCUT2D eigenvalue weighted by atomic mass is 10.2. The second-order valence-electron chi connectivity index (χ2n) is 3.59. The average molecular weight is 176 g/mol. The quantitative estimate of drug-likeness (QED) is 0.762. The van der Waals surface area contributed by atoms with Gasteiger partial charge in [0.15, 0.2) is 0 Å². The maximum atomic E-state index is 4.43. The molecule has 0 saturated carbocycles. The van der Waals surface area contributed by atoms with E-state index >= 15 is 0 Å². The van der Waals surface area contributed by atoms with Gasteiger partial charge in [0, 0.05) is 6.20 Å². The largest absolute Gasteiger partial charge is 0.309 e. The zero-order valence-electron chi connectivity index (χ0n) is 8.09. The van der Waals surface area contributed by atoms with Crippen LogP contribution in [0, 0.1) is 0 Å². The third kappa shape index (κ3) is 1.73. The topological polar surface area (TPSA) is 24.9 Å². The third-order valence-electron chi connectivity index (χ3n) is 2.60. The molecular weight excluding hydrogens is 160 g/mol. The zero-order chi connectivity index (χ0) is 9.10. The number of nitrogens with zero attached hydrogens (tertiary/aromatic N) is 1. The van der Waals surface area contributed by atoms with Crippen LogP contribution in [-0.2, 0) is 6.42 Å². The molecule has 2 heteroatoms. The van der Waals surface area contributed by atoms with Gasteiger partial charge in [0.25, 0.3) is 0 Å². The summed E-state index contributed by atoms with van der Waals surface area (Å²) in [7, 11) is 0. The number of hydrogen-bond acceptors (Lipinski definition) is 2. The van der Waals surface area contributed by atoms with Gasteiger partial charge in [-0.3, -0.25) is 4.98 Å². The Labute approximate surface area is 79.4 Å². The van der Waals surface area contributed by atoms with E-state index in [0.717, 1.165) is 6.54 Å². The molecule has 0 amide bonds. The van der Waals surface area contributed by atoms with E-state index in [2.05, 4.69) is 23.3 Å². The van der Waals surface area contributed by atoms with Crippen LogP contribution in [0.3, 0.4) is 0 Å². The summed E-state index contributed by atoms with van der Waals surface area (Å²) < 4.78 is 0. The van der Waals surface area contributed by atoms with Crippen molar-refractivity contribution in [1.29, 1.82) is 0 Å². The van der Waals surface area contributed by atoms with Crippen LogP contribution < -0.4 is 5.32 Å². The van der Waals surface area contributed by atoms with Crippen molar-refractivity contribution in [3.05, 3.63) is 29.6 Å². The molecule has 1 aliphatic rings. The molecule has 2 rings (SSSR count). The highest BCUT2D eigenvalue weighted by Gasteiger charge is 2.21. The Morgan fingerprint density at radius 3 is 3.38 bits per heavy atom. The van der Waals surface area contributed by atoms with Crippen LogP contribution in [-0.4, -0.2) is 11.5 Å². The Hall–Kier alpha value is -0.890. The van der Waals surface area contributed by atoms with Gasteiger partial charge >= 0.3 is 0 Å². The predicted molar refractivity (Wildman–Crippen MR) is 53.6 cm³/mol. The predicted octanol–water partition coefficient (Wildman–Crippen LogP) is 2.07. The van der Waals surface area contributed by atoms with Gasteiger partial charge in [0.05, 0.1) is 11.7 Å². The van der Waals surface area contributed by atoms with E-state index in [4.69, 9.17) is 0 Å². The first-order valence-electron chi connectivity index (χ1n) is 5.09. The van der Waals surface area contributed by atoms with E-state index in [1.807, 2.05) is 12.3 Å². The Morgan fingerprint density at radius 2 is 2.54 bits per heavy atom. The van der Waals surface area contributed by atoms with Crippen LogP contribution in [0.4, 0.5) is 0 Å². The molecule has 13 heavy (non-hydrogen) atoms. The van der Waals surface area contributed by atoms with Crippen molar-refractivity contribution >= 4 is 0 Å². The summed E-state index contributed by atoms with van der Waals surface area (Å²) in [5, 5.41) is 3.52. The van der Waals surface area contributed by atoms with Gasteiger partial charge in [0.1, 0.15) is 0 Å². The molecule has 1 heterocycles. The summed E-state index contributed by atoms with van der Waals surface area (Å²) in [6.07, 6.45) is 5.49. The normalized spacial score (nSPS) is 20.2. The summed E-state index contributed by atoms with van der Waals surface area (Å²) in [6.45, 7) is 3.29. The Morgan fingerprint density at radius 1 is 1.62 bits per heavy atom. The lowest BCUT2D eigenvalue weighted by Crippen LogP contribution is -2.20. The molecular formula is C11H16N2. The summed E-state index contributed by atoms with van der Waals surface area (Å²) in [5.74, 6) is 0. The number of pyridine rings is 1. The molecule has 2 nitrogen and oxygen atoms in total. The van der Waals surface area contributed by atoms with E-state index in [1.165, 1.54) is 30.5 Å². The second kappa shape index (κ2) is 3.88. The molecule has 1 aromatic heterocycles. The van der Waals surface area contributed by atoms with Gasteiger partial charge in [-0.05, 0) is 37.4 Å². The molecule has 0 bridgehead atoms. The first-order chi connectivity index (χ1) is 6.42. The first-order valence-corrected chi connectivity index (χ1v) is 5.09. The van der Waals surface area contributed by atoms with Crippen molar-refractivity contribution in [1.82, 2.24) is 10.3 Å². The highest BCUT2D eigenvalue weighted by Crippen LogP contribution is 2.28. The van der Waals surface area contributed by atoms with Crippen molar-refractivity contribution in [2.75, 3.05) is 6.54 Å². The number of rotatable bonds is 3. The Bertz CT molecular complexity index is 283. The highest BCUT2D eigenvalue weighted by atomic mass is 14.9. The lowest BCUT2D eigenvalue weighted by molar-refractivity contribution is 0.520. The second-order valence-corrected chi connectivity index (χ2v) is 3.59. The minimum Gasteiger partial charge on any atom is -0.309 e. The van der Waals surface area contributed by atoms with Gasteiger partial charge in [-0.25, -0.2) is 0 Å². The minimum atomic E-state index is 0.510. The van der Waals surface area contributed by atoms with E-state index in [1.54, 1.807) is 0 Å².